The summed E-state index contributed by atoms with van der Waals surface area (Å²) in [6.45, 7) is 1.94. The lowest BCUT2D eigenvalue weighted by Crippen LogP contribution is -2.42. The smallest absolute Gasteiger partial charge is 0.327 e. The first-order valence-corrected chi connectivity index (χ1v) is 8.87. The maximum atomic E-state index is 12.2. The molecule has 2 N–H and O–H groups in total. The van der Waals surface area contributed by atoms with Crippen LogP contribution in [-0.4, -0.2) is 48.1 Å². The molecule has 1 aromatic rings. The number of aliphatic carboxylic acids is 1. The van der Waals surface area contributed by atoms with Gasteiger partial charge >= 0.3 is 5.97 Å². The molecule has 0 aromatic heterocycles. The average molecular weight is 343 g/mol. The van der Waals surface area contributed by atoms with Crippen LogP contribution in [0.3, 0.4) is 0 Å². The van der Waals surface area contributed by atoms with Gasteiger partial charge < -0.3 is 15.3 Å². The van der Waals surface area contributed by atoms with E-state index in [1.807, 2.05) is 6.07 Å². The number of amides is 1. The number of rotatable bonds is 6. The van der Waals surface area contributed by atoms with Crippen LogP contribution < -0.4 is 10.2 Å². The van der Waals surface area contributed by atoms with Crippen molar-refractivity contribution in [1.29, 1.82) is 0 Å². The van der Waals surface area contributed by atoms with Crippen LogP contribution in [0.4, 0.5) is 5.69 Å². The third-order valence-electron chi connectivity index (χ3n) is 3.59. The second-order valence-electron chi connectivity index (χ2n) is 5.18. The van der Waals surface area contributed by atoms with Crippen molar-refractivity contribution in [2.24, 2.45) is 0 Å². The van der Waals surface area contributed by atoms with Gasteiger partial charge in [0.15, 0.2) is 0 Å². The van der Waals surface area contributed by atoms with Gasteiger partial charge in [-0.1, -0.05) is 11.6 Å². The van der Waals surface area contributed by atoms with Crippen LogP contribution in [0.2, 0.25) is 5.02 Å². The van der Waals surface area contributed by atoms with Gasteiger partial charge in [-0.2, -0.15) is 11.8 Å². The van der Waals surface area contributed by atoms with Crippen LogP contribution in [-0.2, 0) is 4.79 Å². The zero-order valence-electron chi connectivity index (χ0n) is 12.3. The summed E-state index contributed by atoms with van der Waals surface area (Å²) in [5, 5.41) is 12.1. The Labute approximate surface area is 139 Å². The molecule has 1 aliphatic rings. The number of carboxylic acid groups (broad SMARTS) is 1. The number of hydrogen-bond acceptors (Lipinski definition) is 4. The van der Waals surface area contributed by atoms with Crippen molar-refractivity contribution in [3.8, 4) is 0 Å². The Morgan fingerprint density at radius 1 is 1.41 bits per heavy atom. The van der Waals surface area contributed by atoms with E-state index >= 15 is 0 Å². The fraction of sp³-hybridized carbons (Fsp3) is 0.467. The maximum absolute atomic E-state index is 12.2. The second-order valence-corrected chi connectivity index (χ2v) is 6.50. The van der Waals surface area contributed by atoms with Crippen molar-refractivity contribution in [3.05, 3.63) is 28.8 Å². The largest absolute Gasteiger partial charge is 0.480 e. The number of halogens is 1. The number of hydrogen-bond donors (Lipinski definition) is 2. The maximum Gasteiger partial charge on any atom is 0.327 e. The zero-order chi connectivity index (χ0) is 16.1. The summed E-state index contributed by atoms with van der Waals surface area (Å²) in [5.74, 6) is -1.14. The van der Waals surface area contributed by atoms with Crippen LogP contribution in [0, 0.1) is 0 Å². The Bertz CT molecular complexity index is 562. The molecular weight excluding hydrogens is 324 g/mol. The van der Waals surface area contributed by atoms with Crippen molar-refractivity contribution in [3.63, 3.8) is 0 Å². The van der Waals surface area contributed by atoms with Crippen molar-refractivity contribution in [2.45, 2.75) is 18.9 Å². The van der Waals surface area contributed by atoms with Gasteiger partial charge in [-0.05, 0) is 37.3 Å². The van der Waals surface area contributed by atoms with E-state index in [0.717, 1.165) is 31.6 Å². The Balaban J connectivity index is 2.09. The van der Waals surface area contributed by atoms with Crippen molar-refractivity contribution >= 4 is 40.9 Å². The van der Waals surface area contributed by atoms with Gasteiger partial charge in [-0.25, -0.2) is 4.79 Å². The fourth-order valence-electron chi connectivity index (χ4n) is 2.45. The lowest BCUT2D eigenvalue weighted by molar-refractivity contribution is -0.138. The third-order valence-corrected chi connectivity index (χ3v) is 4.56. The predicted molar refractivity (Wildman–Crippen MR) is 90.2 cm³/mol. The molecule has 0 spiro atoms. The number of nitrogens with zero attached hydrogens (tertiary/aromatic N) is 1. The van der Waals surface area contributed by atoms with Crippen LogP contribution in [0.15, 0.2) is 18.2 Å². The number of benzene rings is 1. The topological polar surface area (TPSA) is 69.6 Å². The molecule has 1 aliphatic heterocycles. The first-order chi connectivity index (χ1) is 10.5. The highest BCUT2D eigenvalue weighted by molar-refractivity contribution is 7.98. The molecule has 1 saturated heterocycles. The number of nitrogens with one attached hydrogen (secondary N) is 1. The number of anilines is 1. The van der Waals surface area contributed by atoms with Crippen molar-refractivity contribution < 1.29 is 14.7 Å². The minimum atomic E-state index is -1.04. The highest BCUT2D eigenvalue weighted by Crippen LogP contribution is 2.29. The van der Waals surface area contributed by atoms with Gasteiger partial charge in [0.25, 0.3) is 5.91 Å². The normalized spacial score (nSPS) is 15.6. The first kappa shape index (κ1) is 17.0. The minimum absolute atomic E-state index is 0.320. The number of carboxylic acids is 1. The summed E-state index contributed by atoms with van der Waals surface area (Å²) in [7, 11) is 0. The molecule has 1 fully saturated rings. The summed E-state index contributed by atoms with van der Waals surface area (Å²) in [6, 6.07) is 4.21. The zero-order valence-corrected chi connectivity index (χ0v) is 13.9. The van der Waals surface area contributed by atoms with E-state index in [1.165, 1.54) is 11.8 Å². The van der Waals surface area contributed by atoms with E-state index in [1.54, 1.807) is 18.4 Å². The van der Waals surface area contributed by atoms with Gasteiger partial charge in [-0.15, -0.1) is 0 Å². The highest BCUT2D eigenvalue weighted by atomic mass is 35.5. The van der Waals surface area contributed by atoms with Crippen molar-refractivity contribution in [1.82, 2.24) is 5.32 Å². The minimum Gasteiger partial charge on any atom is -0.480 e. The Morgan fingerprint density at radius 2 is 2.09 bits per heavy atom. The quantitative estimate of drug-likeness (QED) is 0.831. The summed E-state index contributed by atoms with van der Waals surface area (Å²) < 4.78 is 0. The summed E-state index contributed by atoms with van der Waals surface area (Å²) in [4.78, 5) is 25.4. The molecule has 1 aromatic carbocycles. The number of carbonyl (C=O) groups excluding carboxylic acids is 1. The van der Waals surface area contributed by atoms with E-state index in [-0.39, 0.29) is 0 Å². The highest BCUT2D eigenvalue weighted by Gasteiger charge is 2.21. The Morgan fingerprint density at radius 3 is 2.64 bits per heavy atom. The van der Waals surface area contributed by atoms with Crippen molar-refractivity contribution in [2.75, 3.05) is 30.0 Å². The van der Waals surface area contributed by atoms with E-state index in [2.05, 4.69) is 10.2 Å². The molecule has 1 atom stereocenters. The molecule has 0 unspecified atom stereocenters. The molecule has 1 heterocycles. The summed E-state index contributed by atoms with van der Waals surface area (Å²) in [5.41, 5.74) is 1.30. The number of thioether (sulfide) groups is 1. The van der Waals surface area contributed by atoms with Crippen LogP contribution >= 0.6 is 23.4 Å². The first-order valence-electron chi connectivity index (χ1n) is 7.10. The molecule has 0 bridgehead atoms. The predicted octanol–water partition coefficient (Wildman–Crippen LogP) is 2.49. The molecular formula is C15H19ClN2O3S. The SMILES string of the molecule is CSC[C@H](NC(=O)c1ccc(N2CCCC2)c(Cl)c1)C(=O)O. The number of carbonyl (C=O) groups is 2. The van der Waals surface area contributed by atoms with E-state index in [0.29, 0.717) is 16.3 Å². The Kier molecular flexibility index (Phi) is 5.97. The van der Waals surface area contributed by atoms with E-state index in [9.17, 15) is 9.59 Å². The molecule has 0 saturated carbocycles. The van der Waals surface area contributed by atoms with Crippen LogP contribution in [0.1, 0.15) is 23.2 Å². The van der Waals surface area contributed by atoms with E-state index < -0.39 is 17.9 Å². The van der Waals surface area contributed by atoms with Gasteiger partial charge in [0.05, 0.1) is 10.7 Å². The summed E-state index contributed by atoms with van der Waals surface area (Å²) in [6.07, 6.45) is 4.09. The standard InChI is InChI=1S/C15H19ClN2O3S/c1-22-9-12(15(20)21)17-14(19)10-4-5-13(11(16)8-10)18-6-2-3-7-18/h4-5,8,12H,2-3,6-7,9H2,1H3,(H,17,19)(H,20,21)/t12-/m0/s1. The lowest BCUT2D eigenvalue weighted by Gasteiger charge is -2.20. The van der Waals surface area contributed by atoms with Crippen LogP contribution in [0.5, 0.6) is 0 Å². The Hall–Kier alpha value is -1.40. The molecule has 120 valence electrons. The molecule has 7 heteroatoms. The van der Waals surface area contributed by atoms with Gasteiger partial charge in [0.1, 0.15) is 6.04 Å². The van der Waals surface area contributed by atoms with E-state index in [4.69, 9.17) is 16.7 Å². The molecule has 5 nitrogen and oxygen atoms in total. The van der Waals surface area contributed by atoms with Gasteiger partial charge in [0, 0.05) is 24.4 Å². The second kappa shape index (κ2) is 7.74. The molecule has 2 rings (SSSR count). The average Bonchev–Trinajstić information content (AvgIpc) is 3.00. The molecule has 0 aliphatic carbocycles. The molecule has 0 radical (unpaired) electrons. The van der Waals surface area contributed by atoms with Gasteiger partial charge in [-0.3, -0.25) is 4.79 Å². The summed E-state index contributed by atoms with van der Waals surface area (Å²) >= 11 is 7.64. The monoisotopic (exact) mass is 342 g/mol. The molecule has 1 amide bonds. The van der Waals surface area contributed by atoms with Crippen LogP contribution in [0.25, 0.3) is 0 Å². The lowest BCUT2D eigenvalue weighted by atomic mass is 10.1. The third kappa shape index (κ3) is 4.08. The fourth-order valence-corrected chi connectivity index (χ4v) is 3.30. The van der Waals surface area contributed by atoms with Gasteiger partial charge in [0.2, 0.25) is 0 Å². The molecule has 22 heavy (non-hydrogen) atoms.